The number of benzene rings is 1. The minimum Gasteiger partial charge on any atom is -0.429 e. The van der Waals surface area contributed by atoms with E-state index in [2.05, 4.69) is 4.98 Å². The van der Waals surface area contributed by atoms with Crippen molar-refractivity contribution in [3.8, 4) is 0 Å². The predicted molar refractivity (Wildman–Crippen MR) is 86.5 cm³/mol. The number of hydrogen-bond acceptors (Lipinski definition) is 4. The molecule has 0 aliphatic heterocycles. The van der Waals surface area contributed by atoms with Crippen molar-refractivity contribution in [2.75, 3.05) is 14.2 Å². The number of oxazole rings is 1. The number of nitrogens with one attached hydrogen (secondary N) is 1. The van der Waals surface area contributed by atoms with Crippen LogP contribution >= 0.6 is 12.2 Å². The fraction of sp³-hybridized carbons (Fsp3) is 0.500. The van der Waals surface area contributed by atoms with E-state index in [1.54, 1.807) is 13.2 Å². The summed E-state index contributed by atoms with van der Waals surface area (Å²) in [5.41, 5.74) is 2.05. The summed E-state index contributed by atoms with van der Waals surface area (Å²) < 4.78 is 10.8. The van der Waals surface area contributed by atoms with Gasteiger partial charge in [-0.2, -0.15) is 0 Å². The van der Waals surface area contributed by atoms with Gasteiger partial charge in [0.25, 0.3) is 10.7 Å². The number of amides is 1. The van der Waals surface area contributed by atoms with Gasteiger partial charge in [-0.25, -0.2) is 0 Å². The highest BCUT2D eigenvalue weighted by Crippen LogP contribution is 2.25. The maximum Gasteiger partial charge on any atom is 0.266 e. The summed E-state index contributed by atoms with van der Waals surface area (Å²) in [6.45, 7) is 0. The number of carbonyl (C=O) groups excluding carboxylic acids is 1. The molecule has 1 saturated carbocycles. The third-order valence-corrected chi connectivity index (χ3v) is 4.70. The lowest BCUT2D eigenvalue weighted by atomic mass is 9.91. The molecule has 0 unspecified atom stereocenters. The van der Waals surface area contributed by atoms with Crippen molar-refractivity contribution in [2.45, 2.75) is 37.8 Å². The maximum atomic E-state index is 12.7. The standard InChI is InChI=1S/C16H20N2O3S/c1-18(11-4-6-12(20-2)7-5-11)15(19)10-3-8-13-14(9-10)21-16(22)17-13/h3,8-9,11-12H,4-7H2,1-2H3,(H,17,22). The van der Waals surface area contributed by atoms with Crippen molar-refractivity contribution in [1.29, 1.82) is 0 Å². The first-order valence-electron chi connectivity index (χ1n) is 7.51. The van der Waals surface area contributed by atoms with Crippen molar-refractivity contribution in [3.05, 3.63) is 28.6 Å². The molecule has 1 aliphatic carbocycles. The number of rotatable bonds is 3. The molecule has 2 aromatic rings. The van der Waals surface area contributed by atoms with E-state index in [-0.39, 0.29) is 11.9 Å². The van der Waals surface area contributed by atoms with Gasteiger partial charge in [-0.1, -0.05) is 0 Å². The van der Waals surface area contributed by atoms with E-state index in [0.717, 1.165) is 31.2 Å². The summed E-state index contributed by atoms with van der Waals surface area (Å²) in [6, 6.07) is 5.66. The van der Waals surface area contributed by atoms with Gasteiger partial charge in [-0.05, 0) is 56.1 Å². The molecule has 1 amide bonds. The van der Waals surface area contributed by atoms with E-state index in [0.29, 0.717) is 22.1 Å². The van der Waals surface area contributed by atoms with E-state index in [1.165, 1.54) is 0 Å². The van der Waals surface area contributed by atoms with Crippen LogP contribution in [0.15, 0.2) is 22.6 Å². The lowest BCUT2D eigenvalue weighted by Gasteiger charge is -2.34. The number of ether oxygens (including phenoxy) is 1. The number of aromatic amines is 1. The second-order valence-electron chi connectivity index (χ2n) is 5.81. The van der Waals surface area contributed by atoms with Gasteiger partial charge < -0.3 is 19.0 Å². The van der Waals surface area contributed by atoms with Gasteiger partial charge in [0.1, 0.15) is 0 Å². The van der Waals surface area contributed by atoms with E-state index < -0.39 is 0 Å². The second kappa shape index (κ2) is 6.22. The minimum atomic E-state index is 0.0186. The van der Waals surface area contributed by atoms with Crippen molar-refractivity contribution in [3.63, 3.8) is 0 Å². The van der Waals surface area contributed by atoms with E-state index in [4.69, 9.17) is 21.4 Å². The molecule has 1 fully saturated rings. The molecular weight excluding hydrogens is 300 g/mol. The fourth-order valence-corrected chi connectivity index (χ4v) is 3.32. The van der Waals surface area contributed by atoms with E-state index >= 15 is 0 Å². The smallest absolute Gasteiger partial charge is 0.266 e. The molecule has 0 saturated heterocycles. The number of fused-ring (bicyclic) bond motifs is 1. The zero-order valence-electron chi connectivity index (χ0n) is 12.8. The molecule has 5 nitrogen and oxygen atoms in total. The Balaban J connectivity index is 1.75. The largest absolute Gasteiger partial charge is 0.429 e. The molecule has 22 heavy (non-hydrogen) atoms. The van der Waals surface area contributed by atoms with Gasteiger partial charge in [-0.15, -0.1) is 0 Å². The summed E-state index contributed by atoms with van der Waals surface area (Å²) in [5, 5.41) is 0. The molecule has 0 spiro atoms. The maximum absolute atomic E-state index is 12.7. The minimum absolute atomic E-state index is 0.0186. The third kappa shape index (κ3) is 2.94. The fourth-order valence-electron chi connectivity index (χ4n) is 3.12. The molecule has 0 bridgehead atoms. The lowest BCUT2D eigenvalue weighted by molar-refractivity contribution is 0.0386. The van der Waals surface area contributed by atoms with Crippen LogP contribution < -0.4 is 0 Å². The molecule has 1 aromatic carbocycles. The predicted octanol–water partition coefficient (Wildman–Crippen LogP) is 3.52. The van der Waals surface area contributed by atoms with Crippen LogP contribution in [0.3, 0.4) is 0 Å². The van der Waals surface area contributed by atoms with Gasteiger partial charge in [-0.3, -0.25) is 4.79 Å². The Labute approximate surface area is 134 Å². The quantitative estimate of drug-likeness (QED) is 0.879. The molecule has 0 radical (unpaired) electrons. The average Bonchev–Trinajstić information content (AvgIpc) is 2.92. The monoisotopic (exact) mass is 320 g/mol. The highest BCUT2D eigenvalue weighted by molar-refractivity contribution is 7.71. The van der Waals surface area contributed by atoms with Gasteiger partial charge in [0.2, 0.25) is 0 Å². The van der Waals surface area contributed by atoms with Gasteiger partial charge in [0.05, 0.1) is 11.6 Å². The van der Waals surface area contributed by atoms with Crippen molar-refractivity contribution < 1.29 is 13.9 Å². The van der Waals surface area contributed by atoms with Crippen molar-refractivity contribution in [2.24, 2.45) is 0 Å². The Morgan fingerprint density at radius 2 is 2.09 bits per heavy atom. The Kier molecular flexibility index (Phi) is 4.31. The topological polar surface area (TPSA) is 58.5 Å². The Morgan fingerprint density at radius 1 is 1.36 bits per heavy atom. The number of H-pyrrole nitrogens is 1. The molecule has 118 valence electrons. The van der Waals surface area contributed by atoms with Gasteiger partial charge >= 0.3 is 0 Å². The van der Waals surface area contributed by atoms with Crippen LogP contribution in [-0.4, -0.2) is 42.1 Å². The van der Waals surface area contributed by atoms with Crippen LogP contribution in [0, 0.1) is 4.84 Å². The second-order valence-corrected chi connectivity index (χ2v) is 6.18. The van der Waals surface area contributed by atoms with Gasteiger partial charge in [0, 0.05) is 25.8 Å². The summed E-state index contributed by atoms with van der Waals surface area (Å²) >= 11 is 4.97. The highest BCUT2D eigenvalue weighted by Gasteiger charge is 2.27. The number of nitrogens with zero attached hydrogens (tertiary/aromatic N) is 1. The highest BCUT2D eigenvalue weighted by atomic mass is 32.1. The van der Waals surface area contributed by atoms with Crippen LogP contribution in [0.4, 0.5) is 0 Å². The average molecular weight is 320 g/mol. The van der Waals surface area contributed by atoms with Crippen LogP contribution in [-0.2, 0) is 4.74 Å². The Morgan fingerprint density at radius 3 is 2.77 bits per heavy atom. The Bertz CT molecular complexity index is 728. The molecule has 3 rings (SSSR count). The van der Waals surface area contributed by atoms with Crippen LogP contribution in [0.2, 0.25) is 0 Å². The molecule has 1 aliphatic rings. The van der Waals surface area contributed by atoms with Crippen molar-refractivity contribution in [1.82, 2.24) is 9.88 Å². The first kappa shape index (κ1) is 15.2. The first-order valence-corrected chi connectivity index (χ1v) is 7.92. The van der Waals surface area contributed by atoms with Crippen LogP contribution in [0.25, 0.3) is 11.1 Å². The Hall–Kier alpha value is -1.66. The molecule has 0 atom stereocenters. The van der Waals surface area contributed by atoms with E-state index in [9.17, 15) is 4.79 Å². The SMILES string of the molecule is COC1CCC(N(C)C(=O)c2ccc3[nH]c(=S)oc3c2)CC1. The number of aromatic nitrogens is 1. The first-order chi connectivity index (χ1) is 10.6. The molecule has 1 heterocycles. The summed E-state index contributed by atoms with van der Waals surface area (Å²) in [4.78, 5) is 17.8. The lowest BCUT2D eigenvalue weighted by Crippen LogP contribution is -2.40. The normalized spacial score (nSPS) is 21.9. The molecular formula is C16H20N2O3S. The van der Waals surface area contributed by atoms with Crippen LogP contribution in [0.1, 0.15) is 36.0 Å². The molecule has 6 heteroatoms. The van der Waals surface area contributed by atoms with Crippen LogP contribution in [0.5, 0.6) is 0 Å². The van der Waals surface area contributed by atoms with Gasteiger partial charge in [0.15, 0.2) is 5.58 Å². The molecule has 1 aromatic heterocycles. The zero-order chi connectivity index (χ0) is 15.7. The summed E-state index contributed by atoms with van der Waals surface area (Å²) in [5.74, 6) is 0.0186. The third-order valence-electron chi connectivity index (χ3n) is 4.51. The summed E-state index contributed by atoms with van der Waals surface area (Å²) in [6.07, 6.45) is 4.30. The zero-order valence-corrected chi connectivity index (χ0v) is 13.6. The van der Waals surface area contributed by atoms with E-state index in [1.807, 2.05) is 24.1 Å². The number of hydrogen-bond donors (Lipinski definition) is 1. The number of carbonyl (C=O) groups is 1. The molecule has 1 N–H and O–H groups in total. The number of methoxy groups -OCH3 is 1. The summed E-state index contributed by atoms with van der Waals surface area (Å²) in [7, 11) is 3.62. The van der Waals surface area contributed by atoms with Crippen molar-refractivity contribution >= 4 is 29.2 Å².